The summed E-state index contributed by atoms with van der Waals surface area (Å²) < 4.78 is 5.56. The van der Waals surface area contributed by atoms with Crippen molar-refractivity contribution in [3.63, 3.8) is 0 Å². The number of carboxylic acid groups (broad SMARTS) is 1. The van der Waals surface area contributed by atoms with Gasteiger partial charge < -0.3 is 9.84 Å². The highest BCUT2D eigenvalue weighted by Crippen LogP contribution is 2.43. The quantitative estimate of drug-likeness (QED) is 0.531. The molecular weight excluding hydrogens is 366 g/mol. The van der Waals surface area contributed by atoms with Crippen LogP contribution >= 0.6 is 0 Å². The van der Waals surface area contributed by atoms with Gasteiger partial charge >= 0.3 is 12.2 Å². The molecule has 3 rings (SSSR count). The second kappa shape index (κ2) is 8.35. The number of fused-ring (bicyclic) bond motifs is 1. The minimum absolute atomic E-state index is 0.260. The SMILES string of the molecule is CC(C)c1cccc(C(C)C)c1-c1ccc2ccccc2c1OC(=O)NC(=O)O. The first-order chi connectivity index (χ1) is 13.8. The monoisotopic (exact) mass is 391 g/mol. The van der Waals surface area contributed by atoms with Crippen molar-refractivity contribution in [2.24, 2.45) is 0 Å². The summed E-state index contributed by atoms with van der Waals surface area (Å²) in [6.45, 7) is 8.51. The van der Waals surface area contributed by atoms with Crippen LogP contribution in [0.2, 0.25) is 0 Å². The number of benzene rings is 3. The molecule has 150 valence electrons. The van der Waals surface area contributed by atoms with Crippen molar-refractivity contribution < 1.29 is 19.4 Å². The van der Waals surface area contributed by atoms with Gasteiger partial charge in [-0.2, -0.15) is 0 Å². The number of rotatable bonds is 4. The number of hydrogen-bond donors (Lipinski definition) is 2. The van der Waals surface area contributed by atoms with Gasteiger partial charge in [0.2, 0.25) is 0 Å². The zero-order valence-electron chi connectivity index (χ0n) is 17.0. The number of carbonyl (C=O) groups excluding carboxylic acids is 1. The molecule has 0 saturated carbocycles. The Morgan fingerprint density at radius 3 is 2.07 bits per heavy atom. The van der Waals surface area contributed by atoms with Gasteiger partial charge in [0.25, 0.3) is 0 Å². The standard InChI is InChI=1S/C24H25NO4/c1-14(2)17-10-7-11-18(15(3)4)21(17)20-13-12-16-8-5-6-9-19(16)22(20)29-24(28)25-23(26)27/h5-15H,1-4H3,(H,25,28)(H,26,27). The van der Waals surface area contributed by atoms with Crippen molar-refractivity contribution in [1.82, 2.24) is 5.32 Å². The smallest absolute Gasteiger partial charge is 0.422 e. The first-order valence-corrected chi connectivity index (χ1v) is 9.66. The molecule has 0 aliphatic rings. The van der Waals surface area contributed by atoms with Crippen LogP contribution in [-0.2, 0) is 0 Å². The van der Waals surface area contributed by atoms with E-state index in [0.29, 0.717) is 5.75 Å². The minimum Gasteiger partial charge on any atom is -0.465 e. The van der Waals surface area contributed by atoms with Gasteiger partial charge in [0.1, 0.15) is 5.75 Å². The number of nitrogens with one attached hydrogen (secondary N) is 1. The fraction of sp³-hybridized carbons (Fsp3) is 0.250. The van der Waals surface area contributed by atoms with Crippen molar-refractivity contribution >= 4 is 23.0 Å². The summed E-state index contributed by atoms with van der Waals surface area (Å²) >= 11 is 0. The Labute approximate surface area is 170 Å². The van der Waals surface area contributed by atoms with Crippen molar-refractivity contribution in [3.05, 3.63) is 65.7 Å². The molecule has 0 heterocycles. The number of imide groups is 1. The van der Waals surface area contributed by atoms with E-state index in [0.717, 1.165) is 33.0 Å². The number of amides is 2. The molecule has 3 aromatic carbocycles. The minimum atomic E-state index is -1.46. The highest BCUT2D eigenvalue weighted by atomic mass is 16.6. The maximum absolute atomic E-state index is 12.2. The lowest BCUT2D eigenvalue weighted by atomic mass is 9.84. The molecule has 0 atom stereocenters. The van der Waals surface area contributed by atoms with Gasteiger partial charge in [-0.25, -0.2) is 14.9 Å². The van der Waals surface area contributed by atoms with Crippen LogP contribution in [0, 0.1) is 0 Å². The molecule has 0 fully saturated rings. The predicted molar refractivity (Wildman–Crippen MR) is 115 cm³/mol. The lowest BCUT2D eigenvalue weighted by Gasteiger charge is -2.22. The van der Waals surface area contributed by atoms with E-state index in [1.807, 2.05) is 42.5 Å². The molecule has 0 aliphatic heterocycles. The van der Waals surface area contributed by atoms with Crippen LogP contribution in [0.5, 0.6) is 5.75 Å². The van der Waals surface area contributed by atoms with Crippen molar-refractivity contribution in [2.75, 3.05) is 0 Å². The van der Waals surface area contributed by atoms with Gasteiger partial charge in [-0.15, -0.1) is 0 Å². The largest absolute Gasteiger partial charge is 0.465 e. The molecule has 0 bridgehead atoms. The van der Waals surface area contributed by atoms with Crippen LogP contribution in [0.25, 0.3) is 21.9 Å². The average molecular weight is 391 g/mol. The van der Waals surface area contributed by atoms with Crippen molar-refractivity contribution in [3.8, 4) is 16.9 Å². The molecule has 2 N–H and O–H groups in total. The Hall–Kier alpha value is -3.34. The zero-order chi connectivity index (χ0) is 21.1. The second-order valence-electron chi connectivity index (χ2n) is 7.60. The molecule has 29 heavy (non-hydrogen) atoms. The van der Waals surface area contributed by atoms with Crippen LogP contribution in [0.4, 0.5) is 9.59 Å². The van der Waals surface area contributed by atoms with Gasteiger partial charge in [0.05, 0.1) is 0 Å². The fourth-order valence-corrected chi connectivity index (χ4v) is 3.62. The number of carbonyl (C=O) groups is 2. The van der Waals surface area contributed by atoms with E-state index in [-0.39, 0.29) is 11.8 Å². The van der Waals surface area contributed by atoms with Crippen LogP contribution in [0.1, 0.15) is 50.7 Å². The average Bonchev–Trinajstić information content (AvgIpc) is 2.67. The van der Waals surface area contributed by atoms with E-state index in [2.05, 4.69) is 39.8 Å². The summed E-state index contributed by atoms with van der Waals surface area (Å²) in [5.74, 6) is 0.878. The van der Waals surface area contributed by atoms with Gasteiger partial charge in [0.15, 0.2) is 0 Å². The molecule has 5 heteroatoms. The molecule has 2 amide bonds. The van der Waals surface area contributed by atoms with E-state index >= 15 is 0 Å². The predicted octanol–water partition coefficient (Wildman–Crippen LogP) is 6.52. The molecule has 0 aliphatic carbocycles. The third-order valence-corrected chi connectivity index (χ3v) is 4.93. The Morgan fingerprint density at radius 2 is 1.48 bits per heavy atom. The highest BCUT2D eigenvalue weighted by Gasteiger charge is 2.22. The van der Waals surface area contributed by atoms with Crippen molar-refractivity contribution in [2.45, 2.75) is 39.5 Å². The van der Waals surface area contributed by atoms with E-state index < -0.39 is 12.2 Å². The maximum Gasteiger partial charge on any atom is 0.422 e. The summed E-state index contributed by atoms with van der Waals surface area (Å²) in [5.41, 5.74) is 4.10. The molecular formula is C24H25NO4. The van der Waals surface area contributed by atoms with E-state index in [1.54, 1.807) is 5.32 Å². The van der Waals surface area contributed by atoms with Gasteiger partial charge in [0, 0.05) is 10.9 Å². The summed E-state index contributed by atoms with van der Waals surface area (Å²) in [5, 5.41) is 12.3. The summed E-state index contributed by atoms with van der Waals surface area (Å²) in [7, 11) is 0. The molecule has 3 aromatic rings. The van der Waals surface area contributed by atoms with Crippen LogP contribution < -0.4 is 10.1 Å². The Kier molecular flexibility index (Phi) is 5.87. The second-order valence-corrected chi connectivity index (χ2v) is 7.60. The lowest BCUT2D eigenvalue weighted by molar-refractivity contribution is 0.178. The Balaban J connectivity index is 2.32. The fourth-order valence-electron chi connectivity index (χ4n) is 3.62. The first-order valence-electron chi connectivity index (χ1n) is 9.66. The van der Waals surface area contributed by atoms with E-state index in [9.17, 15) is 9.59 Å². The normalized spacial score (nSPS) is 11.1. The summed E-state index contributed by atoms with van der Waals surface area (Å²) in [6.07, 6.45) is -2.48. The topological polar surface area (TPSA) is 75.6 Å². The summed E-state index contributed by atoms with van der Waals surface area (Å²) in [4.78, 5) is 23.1. The van der Waals surface area contributed by atoms with Crippen LogP contribution in [-0.4, -0.2) is 17.3 Å². The molecule has 0 unspecified atom stereocenters. The Bertz CT molecular complexity index is 1040. The van der Waals surface area contributed by atoms with Gasteiger partial charge in [-0.05, 0) is 40.0 Å². The summed E-state index contributed by atoms with van der Waals surface area (Å²) in [6, 6.07) is 17.7. The van der Waals surface area contributed by atoms with E-state index in [1.165, 1.54) is 0 Å². The maximum atomic E-state index is 12.2. The molecule has 0 spiro atoms. The molecule has 0 radical (unpaired) electrons. The van der Waals surface area contributed by atoms with Crippen molar-refractivity contribution in [1.29, 1.82) is 0 Å². The molecule has 0 aromatic heterocycles. The highest BCUT2D eigenvalue weighted by molar-refractivity contribution is 5.99. The zero-order valence-corrected chi connectivity index (χ0v) is 17.0. The van der Waals surface area contributed by atoms with Gasteiger partial charge in [-0.3, -0.25) is 0 Å². The third kappa shape index (κ3) is 4.24. The van der Waals surface area contributed by atoms with Crippen LogP contribution in [0.15, 0.2) is 54.6 Å². The van der Waals surface area contributed by atoms with E-state index in [4.69, 9.17) is 9.84 Å². The van der Waals surface area contributed by atoms with Crippen LogP contribution in [0.3, 0.4) is 0 Å². The lowest BCUT2D eigenvalue weighted by Crippen LogP contribution is -2.31. The first kappa shape index (κ1) is 20.4. The third-order valence-electron chi connectivity index (χ3n) is 4.93. The number of ether oxygens (including phenoxy) is 1. The molecule has 0 saturated heterocycles. The molecule has 5 nitrogen and oxygen atoms in total. The number of hydrogen-bond acceptors (Lipinski definition) is 3. The van der Waals surface area contributed by atoms with Gasteiger partial charge in [-0.1, -0.05) is 76.2 Å². The Morgan fingerprint density at radius 1 is 0.862 bits per heavy atom.